The van der Waals surface area contributed by atoms with Crippen LogP contribution in [0.2, 0.25) is 0 Å². The first kappa shape index (κ1) is 17.8. The molecule has 140 valence electrons. The van der Waals surface area contributed by atoms with Crippen molar-refractivity contribution in [2.75, 3.05) is 12.3 Å². The van der Waals surface area contributed by atoms with Gasteiger partial charge in [-0.3, -0.25) is 9.59 Å². The Morgan fingerprint density at radius 2 is 2.26 bits per heavy atom. The maximum atomic E-state index is 12.9. The molecule has 1 unspecified atom stereocenters. The van der Waals surface area contributed by atoms with Crippen LogP contribution in [0.15, 0.2) is 27.7 Å². The number of rotatable bonds is 4. The van der Waals surface area contributed by atoms with Gasteiger partial charge in [0.25, 0.3) is 5.56 Å². The van der Waals surface area contributed by atoms with Crippen molar-refractivity contribution in [2.45, 2.75) is 31.7 Å². The largest absolute Gasteiger partial charge is 0.374 e. The van der Waals surface area contributed by atoms with Gasteiger partial charge in [-0.15, -0.1) is 10.2 Å². The first-order chi connectivity index (χ1) is 13.1. The number of likely N-dealkylation sites (tertiary alicyclic amines) is 1. The Morgan fingerprint density at radius 3 is 3.00 bits per heavy atom. The number of amides is 1. The molecule has 10 heteroatoms. The molecule has 1 fully saturated rings. The zero-order chi connectivity index (χ0) is 18.8. The fraction of sp³-hybridized carbons (Fsp3) is 0.353. The monoisotopic (exact) mass is 402 g/mol. The summed E-state index contributed by atoms with van der Waals surface area (Å²) in [7, 11) is 0. The van der Waals surface area contributed by atoms with Gasteiger partial charge in [0.15, 0.2) is 0 Å². The van der Waals surface area contributed by atoms with E-state index in [9.17, 15) is 9.59 Å². The number of hydrogen-bond acceptors (Lipinski definition) is 8. The minimum Gasteiger partial charge on any atom is -0.374 e. The first-order valence-corrected chi connectivity index (χ1v) is 10.4. The average molecular weight is 403 g/mol. The number of carbonyl (C=O) groups is 1. The summed E-state index contributed by atoms with van der Waals surface area (Å²) in [6.07, 6.45) is 2.82. The summed E-state index contributed by atoms with van der Waals surface area (Å²) in [4.78, 5) is 34.3. The van der Waals surface area contributed by atoms with Crippen LogP contribution in [-0.2, 0) is 11.2 Å². The van der Waals surface area contributed by atoms with E-state index in [0.717, 1.165) is 24.8 Å². The van der Waals surface area contributed by atoms with E-state index in [0.29, 0.717) is 28.2 Å². The zero-order valence-corrected chi connectivity index (χ0v) is 16.1. The SMILES string of the molecule is Nc1nnc(CC(=O)N2CCCCC2c2nc(-c3ccsc3)cc(=O)[nH]2)s1. The summed E-state index contributed by atoms with van der Waals surface area (Å²) in [6.45, 7) is 0.629. The van der Waals surface area contributed by atoms with Crippen molar-refractivity contribution in [3.05, 3.63) is 44.1 Å². The number of anilines is 1. The number of aromatic nitrogens is 4. The Hall–Kier alpha value is -2.59. The number of carbonyl (C=O) groups excluding carboxylic acids is 1. The lowest BCUT2D eigenvalue weighted by atomic mass is 10.0. The number of thiophene rings is 1. The highest BCUT2D eigenvalue weighted by atomic mass is 32.1. The van der Waals surface area contributed by atoms with Crippen LogP contribution >= 0.6 is 22.7 Å². The molecule has 8 nitrogen and oxygen atoms in total. The summed E-state index contributed by atoms with van der Waals surface area (Å²) >= 11 is 2.77. The normalized spacial score (nSPS) is 17.2. The van der Waals surface area contributed by atoms with Gasteiger partial charge in [-0.1, -0.05) is 11.3 Å². The first-order valence-electron chi connectivity index (χ1n) is 8.61. The zero-order valence-electron chi connectivity index (χ0n) is 14.4. The van der Waals surface area contributed by atoms with E-state index in [1.807, 2.05) is 16.8 Å². The van der Waals surface area contributed by atoms with E-state index < -0.39 is 0 Å². The molecule has 1 saturated heterocycles. The van der Waals surface area contributed by atoms with E-state index in [2.05, 4.69) is 20.2 Å². The van der Waals surface area contributed by atoms with Gasteiger partial charge in [0.2, 0.25) is 11.0 Å². The molecule has 1 aliphatic heterocycles. The lowest BCUT2D eigenvalue weighted by molar-refractivity contribution is -0.134. The van der Waals surface area contributed by atoms with Crippen LogP contribution in [-0.4, -0.2) is 37.5 Å². The lowest BCUT2D eigenvalue weighted by Crippen LogP contribution is -2.40. The van der Waals surface area contributed by atoms with Gasteiger partial charge in [-0.2, -0.15) is 11.3 Å². The third-order valence-corrected chi connectivity index (χ3v) is 5.94. The smallest absolute Gasteiger partial charge is 0.251 e. The van der Waals surface area contributed by atoms with Crippen molar-refractivity contribution in [3.63, 3.8) is 0 Å². The average Bonchev–Trinajstić information content (AvgIpc) is 3.33. The molecular weight excluding hydrogens is 384 g/mol. The van der Waals surface area contributed by atoms with Gasteiger partial charge in [0, 0.05) is 23.6 Å². The predicted octanol–water partition coefficient (Wildman–Crippen LogP) is 2.23. The van der Waals surface area contributed by atoms with E-state index in [-0.39, 0.29) is 23.9 Å². The molecule has 3 N–H and O–H groups in total. The number of hydrogen-bond donors (Lipinski definition) is 2. The van der Waals surface area contributed by atoms with Crippen LogP contribution in [0, 0.1) is 0 Å². The second kappa shape index (κ2) is 7.57. The van der Waals surface area contributed by atoms with Crippen LogP contribution in [0.1, 0.15) is 36.1 Å². The molecule has 1 amide bonds. The topological polar surface area (TPSA) is 118 Å². The van der Waals surface area contributed by atoms with Gasteiger partial charge in [-0.25, -0.2) is 4.98 Å². The van der Waals surface area contributed by atoms with Gasteiger partial charge in [0.1, 0.15) is 10.8 Å². The molecule has 27 heavy (non-hydrogen) atoms. The van der Waals surface area contributed by atoms with Crippen LogP contribution in [0.4, 0.5) is 5.13 Å². The van der Waals surface area contributed by atoms with Crippen molar-refractivity contribution >= 4 is 33.7 Å². The molecule has 4 heterocycles. The van der Waals surface area contributed by atoms with E-state index in [4.69, 9.17) is 5.73 Å². The second-order valence-electron chi connectivity index (χ2n) is 6.34. The molecule has 1 atom stereocenters. The number of nitrogens with one attached hydrogen (secondary N) is 1. The Labute approximate surface area is 163 Å². The van der Waals surface area contributed by atoms with E-state index >= 15 is 0 Å². The van der Waals surface area contributed by atoms with Gasteiger partial charge in [0.05, 0.1) is 18.2 Å². The molecule has 1 aliphatic rings. The van der Waals surface area contributed by atoms with Gasteiger partial charge < -0.3 is 15.6 Å². The van der Waals surface area contributed by atoms with Crippen LogP contribution < -0.4 is 11.3 Å². The molecule has 4 rings (SSSR count). The third-order valence-electron chi connectivity index (χ3n) is 4.50. The van der Waals surface area contributed by atoms with Crippen molar-refractivity contribution in [1.29, 1.82) is 0 Å². The summed E-state index contributed by atoms with van der Waals surface area (Å²) in [6, 6.07) is 3.17. The third kappa shape index (κ3) is 3.91. The number of nitrogens with zero attached hydrogens (tertiary/aromatic N) is 4. The molecule has 0 aliphatic carbocycles. The highest BCUT2D eigenvalue weighted by molar-refractivity contribution is 7.15. The summed E-state index contributed by atoms with van der Waals surface area (Å²) < 4.78 is 0. The second-order valence-corrected chi connectivity index (χ2v) is 8.21. The quantitative estimate of drug-likeness (QED) is 0.691. The maximum Gasteiger partial charge on any atom is 0.251 e. The summed E-state index contributed by atoms with van der Waals surface area (Å²) in [5.74, 6) is 0.480. The Balaban J connectivity index is 1.62. The van der Waals surface area contributed by atoms with Crippen LogP contribution in [0.25, 0.3) is 11.3 Å². The lowest BCUT2D eigenvalue weighted by Gasteiger charge is -2.35. The number of nitrogen functional groups attached to an aromatic ring is 1. The van der Waals surface area contributed by atoms with E-state index in [1.165, 1.54) is 17.4 Å². The fourth-order valence-electron chi connectivity index (χ4n) is 3.28. The Morgan fingerprint density at radius 1 is 1.37 bits per heavy atom. The summed E-state index contributed by atoms with van der Waals surface area (Å²) in [5.41, 5.74) is 6.93. The number of piperidine rings is 1. The molecule has 0 saturated carbocycles. The number of nitrogens with two attached hydrogens (primary N) is 1. The molecular formula is C17H18N6O2S2. The van der Waals surface area contributed by atoms with Crippen LogP contribution in [0.3, 0.4) is 0 Å². The van der Waals surface area contributed by atoms with Crippen molar-refractivity contribution in [3.8, 4) is 11.3 Å². The minimum atomic E-state index is -0.247. The molecule has 0 radical (unpaired) electrons. The van der Waals surface area contributed by atoms with Crippen LogP contribution in [0.5, 0.6) is 0 Å². The molecule has 3 aromatic heterocycles. The minimum absolute atomic E-state index is 0.0561. The van der Waals surface area contributed by atoms with Crippen molar-refractivity contribution in [2.24, 2.45) is 0 Å². The van der Waals surface area contributed by atoms with Crippen molar-refractivity contribution < 1.29 is 4.79 Å². The van der Waals surface area contributed by atoms with Crippen molar-refractivity contribution in [1.82, 2.24) is 25.1 Å². The number of aromatic amines is 1. The molecule has 0 aromatic carbocycles. The Kier molecular flexibility index (Phi) is 4.99. The Bertz CT molecular complexity index is 997. The molecule has 0 spiro atoms. The van der Waals surface area contributed by atoms with Gasteiger partial charge >= 0.3 is 0 Å². The predicted molar refractivity (Wildman–Crippen MR) is 105 cm³/mol. The summed E-state index contributed by atoms with van der Waals surface area (Å²) in [5, 5.41) is 12.5. The standard InChI is InChI=1S/C17H18N6O2S2/c18-17-22-21-14(27-17)8-15(25)23-5-2-1-3-12(23)16-19-11(7-13(24)20-16)10-4-6-26-9-10/h4,6-7,9,12H,1-3,5,8H2,(H2,18,22)(H,19,20,24). The number of H-pyrrole nitrogens is 1. The fourth-order valence-corrected chi connectivity index (χ4v) is 4.53. The highest BCUT2D eigenvalue weighted by Crippen LogP contribution is 2.30. The molecule has 3 aromatic rings. The molecule has 0 bridgehead atoms. The van der Waals surface area contributed by atoms with Gasteiger partial charge in [-0.05, 0) is 30.7 Å². The van der Waals surface area contributed by atoms with E-state index in [1.54, 1.807) is 16.2 Å². The highest BCUT2D eigenvalue weighted by Gasteiger charge is 2.30. The maximum absolute atomic E-state index is 12.9.